The third-order valence-electron chi connectivity index (χ3n) is 3.78. The van der Waals surface area contributed by atoms with Crippen LogP contribution in [0.3, 0.4) is 0 Å². The number of carbonyl (C=O) groups excluding carboxylic acids is 3. The number of nitrogens with one attached hydrogen (secondary N) is 4. The van der Waals surface area contributed by atoms with Crippen LogP contribution < -0.4 is 20.9 Å². The van der Waals surface area contributed by atoms with Crippen LogP contribution in [0.25, 0.3) is 11.4 Å². The minimum absolute atomic E-state index is 0.0124. The monoisotopic (exact) mass is 474 g/mol. The molecule has 0 atom stereocenters. The van der Waals surface area contributed by atoms with Crippen LogP contribution in [0.5, 0.6) is 5.75 Å². The van der Waals surface area contributed by atoms with E-state index >= 15 is 0 Å². The van der Waals surface area contributed by atoms with E-state index in [1.165, 1.54) is 6.92 Å². The summed E-state index contributed by atoms with van der Waals surface area (Å²) in [7, 11) is 0. The van der Waals surface area contributed by atoms with Crippen molar-refractivity contribution in [2.24, 2.45) is 0 Å². The molecule has 0 aliphatic carbocycles. The lowest BCUT2D eigenvalue weighted by atomic mass is 10.2. The average molecular weight is 475 g/mol. The normalized spacial score (nSPS) is 10.3. The van der Waals surface area contributed by atoms with Crippen molar-refractivity contribution in [3.63, 3.8) is 0 Å². The van der Waals surface area contributed by atoms with E-state index in [9.17, 15) is 14.4 Å². The number of aromatic nitrogens is 3. The van der Waals surface area contributed by atoms with Gasteiger partial charge in [-0.3, -0.25) is 30.3 Å². The van der Waals surface area contributed by atoms with Crippen LogP contribution in [0.1, 0.15) is 6.92 Å². The summed E-state index contributed by atoms with van der Waals surface area (Å²) in [4.78, 5) is 39.2. The van der Waals surface area contributed by atoms with Crippen LogP contribution in [0.15, 0.2) is 53.7 Å². The molecule has 4 N–H and O–H groups in total. The Labute approximate surface area is 192 Å². The number of halogens is 1. The molecule has 3 amide bonds. The predicted octanol–water partition coefficient (Wildman–Crippen LogP) is 2.40. The third-order valence-corrected chi connectivity index (χ3v) is 4.88. The van der Waals surface area contributed by atoms with Crippen molar-refractivity contribution in [3.05, 3.63) is 53.6 Å². The van der Waals surface area contributed by atoms with E-state index < -0.39 is 11.8 Å². The number of amides is 3. The smallest absolute Gasteiger partial charge is 0.276 e. The van der Waals surface area contributed by atoms with Gasteiger partial charge in [0.05, 0.1) is 5.75 Å². The molecule has 12 heteroatoms. The van der Waals surface area contributed by atoms with Crippen molar-refractivity contribution in [2.45, 2.75) is 12.1 Å². The standard InChI is InChI=1S/C20H19ClN6O4S/c1-12(28)22-15-4-2-3-13(9-15)19-23-20(27-26-19)32-11-18(30)25-24-17(29)10-31-16-7-5-14(21)6-8-16/h2-9H,10-11H2,1H3,(H,22,28)(H,24,29)(H,25,30)(H,23,26,27). The highest BCUT2D eigenvalue weighted by atomic mass is 35.5. The number of anilines is 1. The number of nitrogens with zero attached hydrogens (tertiary/aromatic N) is 2. The van der Waals surface area contributed by atoms with Crippen molar-refractivity contribution >= 4 is 46.8 Å². The molecule has 166 valence electrons. The lowest BCUT2D eigenvalue weighted by Crippen LogP contribution is -2.44. The Bertz CT molecular complexity index is 1110. The van der Waals surface area contributed by atoms with Crippen LogP contribution in [0.2, 0.25) is 5.02 Å². The Morgan fingerprint density at radius 2 is 1.84 bits per heavy atom. The number of rotatable bonds is 8. The highest BCUT2D eigenvalue weighted by Crippen LogP contribution is 2.22. The fraction of sp³-hybridized carbons (Fsp3) is 0.150. The molecule has 1 aromatic heterocycles. The van der Waals surface area contributed by atoms with Gasteiger partial charge in [0, 0.05) is 23.2 Å². The molecule has 10 nitrogen and oxygen atoms in total. The molecule has 0 fully saturated rings. The van der Waals surface area contributed by atoms with Gasteiger partial charge in [0.1, 0.15) is 5.75 Å². The summed E-state index contributed by atoms with van der Waals surface area (Å²) in [6.07, 6.45) is 0. The molecule has 0 saturated carbocycles. The second-order valence-electron chi connectivity index (χ2n) is 6.36. The molecule has 0 aliphatic rings. The SMILES string of the molecule is CC(=O)Nc1cccc(-c2nc(SCC(=O)NNC(=O)COc3ccc(Cl)cc3)n[nH]2)c1. The molecule has 32 heavy (non-hydrogen) atoms. The van der Waals surface area contributed by atoms with Gasteiger partial charge in [0.15, 0.2) is 12.4 Å². The lowest BCUT2D eigenvalue weighted by Gasteiger charge is -2.08. The van der Waals surface area contributed by atoms with E-state index in [1.807, 2.05) is 6.07 Å². The Morgan fingerprint density at radius 3 is 2.59 bits per heavy atom. The number of thioether (sulfide) groups is 1. The summed E-state index contributed by atoms with van der Waals surface area (Å²) >= 11 is 6.87. The molecule has 0 saturated heterocycles. The quantitative estimate of drug-likeness (QED) is 0.290. The van der Waals surface area contributed by atoms with E-state index in [0.29, 0.717) is 27.4 Å². The molecule has 0 aliphatic heterocycles. The third kappa shape index (κ3) is 7.29. The van der Waals surface area contributed by atoms with Gasteiger partial charge in [-0.2, -0.15) is 0 Å². The number of ether oxygens (including phenoxy) is 1. The van der Waals surface area contributed by atoms with Gasteiger partial charge >= 0.3 is 0 Å². The first-order chi connectivity index (χ1) is 15.4. The number of benzene rings is 2. The highest BCUT2D eigenvalue weighted by Gasteiger charge is 2.11. The van der Waals surface area contributed by atoms with Gasteiger partial charge in [0.2, 0.25) is 17.0 Å². The Balaban J connectivity index is 1.41. The van der Waals surface area contributed by atoms with Gasteiger partial charge in [-0.25, -0.2) is 4.98 Å². The predicted molar refractivity (Wildman–Crippen MR) is 120 cm³/mol. The van der Waals surface area contributed by atoms with E-state index in [2.05, 4.69) is 31.3 Å². The molecule has 0 spiro atoms. The number of carbonyl (C=O) groups is 3. The number of hydrazine groups is 1. The van der Waals surface area contributed by atoms with Crippen LogP contribution in [0.4, 0.5) is 5.69 Å². The number of aromatic amines is 1. The fourth-order valence-electron chi connectivity index (χ4n) is 2.41. The summed E-state index contributed by atoms with van der Waals surface area (Å²) in [5, 5.41) is 10.5. The second-order valence-corrected chi connectivity index (χ2v) is 7.74. The Hall–Kier alpha value is -3.57. The summed E-state index contributed by atoms with van der Waals surface area (Å²) in [6, 6.07) is 13.7. The maximum atomic E-state index is 11.9. The van der Waals surface area contributed by atoms with Gasteiger partial charge in [0.25, 0.3) is 5.91 Å². The van der Waals surface area contributed by atoms with Gasteiger partial charge < -0.3 is 10.1 Å². The Kier molecular flexibility index (Phi) is 8.06. The van der Waals surface area contributed by atoms with E-state index in [0.717, 1.165) is 17.3 Å². The second kappa shape index (κ2) is 11.2. The van der Waals surface area contributed by atoms with Crippen LogP contribution in [0, 0.1) is 0 Å². The lowest BCUT2D eigenvalue weighted by molar-refractivity contribution is -0.128. The molecule has 0 bridgehead atoms. The molecule has 0 unspecified atom stereocenters. The van der Waals surface area contributed by atoms with E-state index in [-0.39, 0.29) is 18.3 Å². The summed E-state index contributed by atoms with van der Waals surface area (Å²) in [5.74, 6) is -0.166. The minimum Gasteiger partial charge on any atom is -0.484 e. The van der Waals surface area contributed by atoms with E-state index in [1.54, 1.807) is 42.5 Å². The van der Waals surface area contributed by atoms with Crippen LogP contribution in [-0.4, -0.2) is 45.3 Å². The number of hydrogen-bond acceptors (Lipinski definition) is 7. The summed E-state index contributed by atoms with van der Waals surface area (Å²) in [6.45, 7) is 1.16. The maximum absolute atomic E-state index is 11.9. The average Bonchev–Trinajstić information content (AvgIpc) is 3.25. The zero-order valence-electron chi connectivity index (χ0n) is 16.8. The molecule has 3 rings (SSSR count). The largest absolute Gasteiger partial charge is 0.484 e. The van der Waals surface area contributed by atoms with Crippen molar-refractivity contribution in [1.82, 2.24) is 26.0 Å². The molecule has 1 heterocycles. The highest BCUT2D eigenvalue weighted by molar-refractivity contribution is 7.99. The van der Waals surface area contributed by atoms with Crippen molar-refractivity contribution in [3.8, 4) is 17.1 Å². The number of hydrogen-bond donors (Lipinski definition) is 4. The molecular formula is C20H19ClN6O4S. The molecular weight excluding hydrogens is 456 g/mol. The van der Waals surface area contributed by atoms with Crippen molar-refractivity contribution < 1.29 is 19.1 Å². The summed E-state index contributed by atoms with van der Waals surface area (Å²) in [5.41, 5.74) is 5.93. The zero-order chi connectivity index (χ0) is 22.9. The number of H-pyrrole nitrogens is 1. The maximum Gasteiger partial charge on any atom is 0.276 e. The van der Waals surface area contributed by atoms with Gasteiger partial charge in [-0.15, -0.1) is 5.10 Å². The van der Waals surface area contributed by atoms with Gasteiger partial charge in [-0.1, -0.05) is 35.5 Å². The van der Waals surface area contributed by atoms with Crippen molar-refractivity contribution in [1.29, 1.82) is 0 Å². The van der Waals surface area contributed by atoms with Crippen LogP contribution in [-0.2, 0) is 14.4 Å². The summed E-state index contributed by atoms with van der Waals surface area (Å²) < 4.78 is 5.28. The van der Waals surface area contributed by atoms with Crippen molar-refractivity contribution in [2.75, 3.05) is 17.7 Å². The van der Waals surface area contributed by atoms with Gasteiger partial charge in [-0.05, 0) is 36.4 Å². The zero-order valence-corrected chi connectivity index (χ0v) is 18.4. The molecule has 2 aromatic carbocycles. The Morgan fingerprint density at radius 1 is 1.09 bits per heavy atom. The van der Waals surface area contributed by atoms with Crippen LogP contribution >= 0.6 is 23.4 Å². The first-order valence-corrected chi connectivity index (χ1v) is 10.6. The first kappa shape index (κ1) is 23.1. The topological polar surface area (TPSA) is 138 Å². The molecule has 0 radical (unpaired) electrons. The minimum atomic E-state index is -0.516. The first-order valence-electron chi connectivity index (χ1n) is 9.28. The molecule has 3 aromatic rings. The fourth-order valence-corrected chi connectivity index (χ4v) is 3.13. The van der Waals surface area contributed by atoms with E-state index in [4.69, 9.17) is 16.3 Å².